The van der Waals surface area contributed by atoms with E-state index < -0.39 is 34.0 Å². The summed E-state index contributed by atoms with van der Waals surface area (Å²) in [5.74, 6) is -2.02. The van der Waals surface area contributed by atoms with Crippen molar-refractivity contribution in [1.29, 1.82) is 0 Å². The number of carboxylic acids is 1. The molecule has 0 aliphatic carbocycles. The Bertz CT molecular complexity index is 1230. The summed E-state index contributed by atoms with van der Waals surface area (Å²) >= 11 is 11.9. The van der Waals surface area contributed by atoms with Gasteiger partial charge < -0.3 is 25.0 Å². The number of nitrogens with one attached hydrogen (secondary N) is 1. The zero-order chi connectivity index (χ0) is 29.0. The van der Waals surface area contributed by atoms with Crippen molar-refractivity contribution in [3.8, 4) is 0 Å². The summed E-state index contributed by atoms with van der Waals surface area (Å²) in [6, 6.07) is 1.41. The van der Waals surface area contributed by atoms with Crippen LogP contribution in [0.2, 0.25) is 10.0 Å². The topological polar surface area (TPSA) is 154 Å². The maximum Gasteiger partial charge on any atom is 0.409 e. The largest absolute Gasteiger partial charge is 0.480 e. The number of amides is 3. The van der Waals surface area contributed by atoms with Crippen LogP contribution in [0.4, 0.5) is 4.79 Å². The van der Waals surface area contributed by atoms with Crippen molar-refractivity contribution in [2.75, 3.05) is 39.3 Å². The first-order chi connectivity index (χ1) is 19.0. The van der Waals surface area contributed by atoms with E-state index in [0.29, 0.717) is 39.2 Å². The molecule has 0 radical (unpaired) electrons. The molecule has 2 N–H and O–H groups in total. The molecule has 0 unspecified atom stereocenters. The minimum Gasteiger partial charge on any atom is -0.480 e. The Morgan fingerprint density at radius 2 is 1.73 bits per heavy atom. The predicted octanol–water partition coefficient (Wildman–Crippen LogP) is 2.19. The summed E-state index contributed by atoms with van der Waals surface area (Å²) in [7, 11) is -4.12. The number of nitrogens with zero attached hydrogens (tertiary/aromatic N) is 3. The second kappa shape index (κ2) is 12.9. The number of sulfonamides is 1. The van der Waals surface area contributed by atoms with E-state index in [2.05, 4.69) is 5.32 Å². The Morgan fingerprint density at radius 3 is 2.33 bits per heavy atom. The number of rotatable bonds is 10. The lowest BCUT2D eigenvalue weighted by Crippen LogP contribution is -2.51. The Hall–Kier alpha value is -2.61. The van der Waals surface area contributed by atoms with E-state index in [4.69, 9.17) is 27.9 Å². The van der Waals surface area contributed by atoms with Gasteiger partial charge in [0.2, 0.25) is 21.8 Å². The molecule has 0 aromatic heterocycles. The Kier molecular flexibility index (Phi) is 9.80. The summed E-state index contributed by atoms with van der Waals surface area (Å²) in [6.45, 7) is 2.63. The van der Waals surface area contributed by atoms with Gasteiger partial charge in [-0.05, 0) is 56.2 Å². The van der Waals surface area contributed by atoms with Crippen molar-refractivity contribution in [2.45, 2.75) is 55.5 Å². The van der Waals surface area contributed by atoms with Gasteiger partial charge in [-0.25, -0.2) is 18.0 Å². The van der Waals surface area contributed by atoms with E-state index in [-0.39, 0.29) is 58.7 Å². The molecule has 12 nitrogen and oxygen atoms in total. The maximum atomic E-state index is 13.2. The maximum absolute atomic E-state index is 13.2. The third kappa shape index (κ3) is 7.17. The van der Waals surface area contributed by atoms with Crippen LogP contribution in [0.15, 0.2) is 23.1 Å². The van der Waals surface area contributed by atoms with Gasteiger partial charge in [0.1, 0.15) is 18.7 Å². The van der Waals surface area contributed by atoms with Gasteiger partial charge in [-0.15, -0.1) is 0 Å². The molecule has 3 fully saturated rings. The van der Waals surface area contributed by atoms with Crippen LogP contribution in [0, 0.1) is 5.92 Å². The summed E-state index contributed by atoms with van der Waals surface area (Å²) in [5, 5.41) is 12.4. The van der Waals surface area contributed by atoms with Gasteiger partial charge in [0, 0.05) is 42.6 Å². The number of halogens is 2. The number of hydrogen-bond donors (Lipinski definition) is 2. The van der Waals surface area contributed by atoms with Gasteiger partial charge >= 0.3 is 12.1 Å². The quantitative estimate of drug-likeness (QED) is 0.404. The number of piperidine rings is 1. The molecule has 3 saturated heterocycles. The van der Waals surface area contributed by atoms with E-state index in [1.54, 1.807) is 9.80 Å². The molecule has 3 amide bonds. The van der Waals surface area contributed by atoms with Crippen LogP contribution in [0.25, 0.3) is 0 Å². The molecule has 0 bridgehead atoms. The molecule has 4 rings (SSSR count). The van der Waals surface area contributed by atoms with Gasteiger partial charge in [0.25, 0.3) is 0 Å². The van der Waals surface area contributed by atoms with Crippen LogP contribution in [0.3, 0.4) is 0 Å². The van der Waals surface area contributed by atoms with Crippen LogP contribution in [0.5, 0.6) is 0 Å². The molecule has 220 valence electrons. The summed E-state index contributed by atoms with van der Waals surface area (Å²) in [5.41, 5.74) is 0. The van der Waals surface area contributed by atoms with E-state index in [1.807, 2.05) is 0 Å². The molecule has 2 atom stereocenters. The van der Waals surface area contributed by atoms with Crippen molar-refractivity contribution < 1.29 is 37.4 Å². The molecule has 1 aromatic rings. The minimum atomic E-state index is -4.12. The first-order valence-corrected chi connectivity index (χ1v) is 15.4. The molecule has 3 aliphatic rings. The van der Waals surface area contributed by atoms with Crippen LogP contribution in [-0.2, 0) is 29.1 Å². The number of carbonyl (C=O) groups is 4. The molecule has 15 heteroatoms. The molecule has 0 saturated carbocycles. The number of benzene rings is 1. The fraction of sp³-hybridized carbons (Fsp3) is 0.600. The average molecular weight is 620 g/mol. The van der Waals surface area contributed by atoms with Crippen LogP contribution < -0.4 is 5.32 Å². The Morgan fingerprint density at radius 1 is 1.05 bits per heavy atom. The third-order valence-electron chi connectivity index (χ3n) is 7.50. The van der Waals surface area contributed by atoms with Crippen LogP contribution >= 0.6 is 23.2 Å². The van der Waals surface area contributed by atoms with Crippen molar-refractivity contribution in [2.24, 2.45) is 5.92 Å². The number of ether oxygens (including phenoxy) is 1. The zero-order valence-corrected chi connectivity index (χ0v) is 24.1. The Labute approximate surface area is 242 Å². The fourth-order valence-electron chi connectivity index (χ4n) is 5.32. The normalized spacial score (nSPS) is 21.4. The minimum absolute atomic E-state index is 0.0790. The first-order valence-electron chi connectivity index (χ1n) is 13.2. The molecular formula is C25H32Cl2N4O8S. The van der Waals surface area contributed by atoms with Crippen LogP contribution in [-0.4, -0.2) is 103 Å². The van der Waals surface area contributed by atoms with Crippen molar-refractivity contribution in [3.63, 3.8) is 0 Å². The van der Waals surface area contributed by atoms with Gasteiger partial charge in [-0.2, -0.15) is 4.31 Å². The highest BCUT2D eigenvalue weighted by molar-refractivity contribution is 7.89. The lowest BCUT2D eigenvalue weighted by molar-refractivity contribution is -0.143. The smallest absolute Gasteiger partial charge is 0.409 e. The van der Waals surface area contributed by atoms with Gasteiger partial charge in [-0.1, -0.05) is 23.2 Å². The zero-order valence-electron chi connectivity index (χ0n) is 21.8. The molecule has 0 spiro atoms. The van der Waals surface area contributed by atoms with Crippen molar-refractivity contribution >= 4 is 57.1 Å². The molecule has 3 aliphatic heterocycles. The van der Waals surface area contributed by atoms with E-state index in [9.17, 15) is 32.7 Å². The summed E-state index contributed by atoms with van der Waals surface area (Å²) in [6.07, 6.45) is 1.53. The predicted molar refractivity (Wildman–Crippen MR) is 144 cm³/mol. The van der Waals surface area contributed by atoms with Gasteiger partial charge in [0.05, 0.1) is 11.4 Å². The highest BCUT2D eigenvalue weighted by atomic mass is 35.5. The van der Waals surface area contributed by atoms with Crippen molar-refractivity contribution in [3.05, 3.63) is 28.2 Å². The lowest BCUT2D eigenvalue weighted by Gasteiger charge is -2.33. The third-order valence-corrected chi connectivity index (χ3v) is 9.82. The average Bonchev–Trinajstić information content (AvgIpc) is 3.56. The molecule has 3 heterocycles. The van der Waals surface area contributed by atoms with E-state index in [1.165, 1.54) is 18.2 Å². The van der Waals surface area contributed by atoms with Gasteiger partial charge in [-0.3, -0.25) is 9.59 Å². The monoisotopic (exact) mass is 618 g/mol. The highest BCUT2D eigenvalue weighted by Crippen LogP contribution is 2.30. The molecule has 40 heavy (non-hydrogen) atoms. The van der Waals surface area contributed by atoms with Gasteiger partial charge in [0.15, 0.2) is 0 Å². The van der Waals surface area contributed by atoms with Crippen LogP contribution in [0.1, 0.15) is 38.5 Å². The molecular weight excluding hydrogens is 587 g/mol. The summed E-state index contributed by atoms with van der Waals surface area (Å²) in [4.78, 5) is 52.6. The van der Waals surface area contributed by atoms with Crippen molar-refractivity contribution in [1.82, 2.24) is 19.4 Å². The second-order valence-corrected chi connectivity index (χ2v) is 13.0. The SMILES string of the molecule is O=C(O)[C@H](CCC(=O)N1CCC(CN2CCOC2=O)CC1)NC(=O)[C@@H]1CCCN1S(=O)(=O)c1cc(Cl)cc(Cl)c1. The standard InChI is InChI=1S/C25H32Cl2N4O8S/c26-17-12-18(27)14-19(13-17)40(37,38)31-7-1-2-21(31)23(33)28-20(24(34)35)3-4-22(32)29-8-5-16(6-9-29)15-30-10-11-39-25(30)36/h12-14,16,20-21H,1-11,15H2,(H,28,33)(H,34,35)/t20-,21-/m0/s1. The Balaban J connectivity index is 1.30. The van der Waals surface area contributed by atoms with E-state index in [0.717, 1.165) is 17.1 Å². The fourth-order valence-corrected chi connectivity index (χ4v) is 7.71. The number of hydrogen-bond acceptors (Lipinski definition) is 7. The number of carboxylic acid groups (broad SMARTS) is 1. The summed E-state index contributed by atoms with van der Waals surface area (Å²) < 4.78 is 32.5. The second-order valence-electron chi connectivity index (χ2n) is 10.2. The number of carbonyl (C=O) groups excluding carboxylic acids is 3. The van der Waals surface area contributed by atoms with E-state index >= 15 is 0 Å². The first kappa shape index (κ1) is 30.4. The molecule has 1 aromatic carbocycles. The highest BCUT2D eigenvalue weighted by Gasteiger charge is 2.41. The lowest BCUT2D eigenvalue weighted by atomic mass is 9.96. The number of aliphatic carboxylic acids is 1. The number of cyclic esters (lactones) is 1. The number of likely N-dealkylation sites (tertiary alicyclic amines) is 1.